The fourth-order valence-electron chi connectivity index (χ4n) is 5.27. The van der Waals surface area contributed by atoms with Crippen molar-refractivity contribution in [2.75, 3.05) is 33.4 Å². The zero-order valence-corrected chi connectivity index (χ0v) is 16.9. The Morgan fingerprint density at radius 2 is 2.13 bits per heavy atom. The molecule has 1 aromatic heterocycles. The van der Waals surface area contributed by atoms with Gasteiger partial charge in [0.25, 0.3) is 0 Å². The SMILES string of the molecule is CN1CC(CO[C@]2(CO)O[C@H](CO)[C@H](O)[C@H]2O)=C[C@@H]2c3cccc4[nH]cc(c34)C[C@H]21. The number of aromatic amines is 1. The number of ether oxygens (including phenoxy) is 2. The van der Waals surface area contributed by atoms with Crippen LogP contribution in [0.5, 0.6) is 0 Å². The quantitative estimate of drug-likeness (QED) is 0.431. The summed E-state index contributed by atoms with van der Waals surface area (Å²) in [6, 6.07) is 6.68. The fourth-order valence-corrected chi connectivity index (χ4v) is 5.27. The van der Waals surface area contributed by atoms with E-state index in [1.807, 2.05) is 0 Å². The lowest BCUT2D eigenvalue weighted by molar-refractivity contribution is -0.272. The molecule has 1 aliphatic carbocycles. The minimum absolute atomic E-state index is 0.145. The Balaban J connectivity index is 1.41. The Bertz CT molecular complexity index is 974. The van der Waals surface area contributed by atoms with Crippen LogP contribution in [0.15, 0.2) is 36.0 Å². The monoisotopic (exact) mass is 416 g/mol. The standard InChI is InChI=1S/C22H28N2O6/c1-24-8-12(10-29-22(11-26)21(28)20(27)18(9-25)30-22)5-15-14-3-2-4-16-19(14)13(7-23-16)6-17(15)24/h2-5,7,15,17-18,20-21,23,25-28H,6,8-11H2,1H3/t15-,17-,18-,20+,21-,22-/m1/s1. The van der Waals surface area contributed by atoms with Gasteiger partial charge in [0.1, 0.15) is 24.9 Å². The summed E-state index contributed by atoms with van der Waals surface area (Å²) in [4.78, 5) is 5.68. The number of aliphatic hydroxyl groups is 4. The first-order valence-corrected chi connectivity index (χ1v) is 10.4. The van der Waals surface area contributed by atoms with E-state index in [1.165, 1.54) is 16.5 Å². The van der Waals surface area contributed by atoms with E-state index in [1.54, 1.807) is 0 Å². The van der Waals surface area contributed by atoms with E-state index in [0.717, 1.165) is 17.5 Å². The molecule has 0 spiro atoms. The van der Waals surface area contributed by atoms with E-state index >= 15 is 0 Å². The van der Waals surface area contributed by atoms with Gasteiger partial charge in [-0.1, -0.05) is 18.2 Å². The van der Waals surface area contributed by atoms with Crippen molar-refractivity contribution in [2.45, 2.75) is 42.5 Å². The molecular weight excluding hydrogens is 388 g/mol. The Labute approximate surface area is 174 Å². The van der Waals surface area contributed by atoms with Gasteiger partial charge in [-0.3, -0.25) is 4.90 Å². The second-order valence-corrected chi connectivity index (χ2v) is 8.65. The van der Waals surface area contributed by atoms with E-state index in [4.69, 9.17) is 9.47 Å². The molecule has 0 unspecified atom stereocenters. The fraction of sp³-hybridized carbons (Fsp3) is 0.545. The van der Waals surface area contributed by atoms with Gasteiger partial charge in [-0.25, -0.2) is 0 Å². The third-order valence-electron chi connectivity index (χ3n) is 6.86. The molecule has 0 bridgehead atoms. The van der Waals surface area contributed by atoms with Crippen molar-refractivity contribution >= 4 is 10.9 Å². The van der Waals surface area contributed by atoms with Gasteiger partial charge in [-0.15, -0.1) is 0 Å². The number of hydrogen-bond donors (Lipinski definition) is 5. The van der Waals surface area contributed by atoms with Gasteiger partial charge >= 0.3 is 0 Å². The molecule has 8 heteroatoms. The average molecular weight is 416 g/mol. The van der Waals surface area contributed by atoms with Crippen molar-refractivity contribution in [3.63, 3.8) is 0 Å². The van der Waals surface area contributed by atoms with Gasteiger partial charge in [0.05, 0.1) is 13.2 Å². The zero-order chi connectivity index (χ0) is 21.0. The molecule has 0 saturated carbocycles. The Kier molecular flexibility index (Phi) is 4.98. The lowest BCUT2D eigenvalue weighted by Crippen LogP contribution is -2.50. The summed E-state index contributed by atoms with van der Waals surface area (Å²) >= 11 is 0. The smallest absolute Gasteiger partial charge is 0.221 e. The molecule has 3 heterocycles. The molecule has 1 saturated heterocycles. The van der Waals surface area contributed by atoms with Gasteiger partial charge in [-0.05, 0) is 36.2 Å². The van der Waals surface area contributed by atoms with Crippen LogP contribution in [0.2, 0.25) is 0 Å². The molecule has 2 aromatic rings. The number of likely N-dealkylation sites (N-methyl/N-ethyl adjacent to an activating group) is 1. The first kappa shape index (κ1) is 20.1. The predicted octanol–water partition coefficient (Wildman–Crippen LogP) is -0.134. The van der Waals surface area contributed by atoms with Crippen molar-refractivity contribution < 1.29 is 29.9 Å². The number of fused-ring (bicyclic) bond motifs is 2. The summed E-state index contributed by atoms with van der Waals surface area (Å²) in [6.45, 7) is -0.253. The molecule has 30 heavy (non-hydrogen) atoms. The van der Waals surface area contributed by atoms with Crippen LogP contribution in [0.1, 0.15) is 17.0 Å². The van der Waals surface area contributed by atoms with Crippen molar-refractivity contribution in [3.05, 3.63) is 47.2 Å². The molecule has 0 radical (unpaired) electrons. The second kappa shape index (κ2) is 7.42. The maximum Gasteiger partial charge on any atom is 0.221 e. The number of H-pyrrole nitrogens is 1. The Morgan fingerprint density at radius 3 is 2.87 bits per heavy atom. The van der Waals surface area contributed by atoms with Crippen molar-refractivity contribution in [1.82, 2.24) is 9.88 Å². The maximum absolute atomic E-state index is 10.4. The summed E-state index contributed by atoms with van der Waals surface area (Å²) in [5, 5.41) is 40.9. The van der Waals surface area contributed by atoms with Crippen LogP contribution in [-0.4, -0.2) is 93.9 Å². The van der Waals surface area contributed by atoms with Crippen LogP contribution >= 0.6 is 0 Å². The third-order valence-corrected chi connectivity index (χ3v) is 6.86. The number of aliphatic hydroxyl groups excluding tert-OH is 4. The molecule has 1 fully saturated rings. The maximum atomic E-state index is 10.4. The van der Waals surface area contributed by atoms with E-state index in [-0.39, 0.29) is 12.5 Å². The van der Waals surface area contributed by atoms with E-state index in [2.05, 4.69) is 47.4 Å². The molecule has 162 valence electrons. The molecule has 5 N–H and O–H groups in total. The first-order chi connectivity index (χ1) is 14.5. The highest BCUT2D eigenvalue weighted by Crippen LogP contribution is 2.42. The molecule has 0 amide bonds. The molecule has 6 atom stereocenters. The topological polar surface area (TPSA) is 118 Å². The van der Waals surface area contributed by atoms with Gasteiger partial charge in [0.15, 0.2) is 0 Å². The third kappa shape index (κ3) is 2.95. The number of benzene rings is 1. The van der Waals surface area contributed by atoms with Crippen LogP contribution in [0.4, 0.5) is 0 Å². The van der Waals surface area contributed by atoms with Crippen molar-refractivity contribution in [1.29, 1.82) is 0 Å². The van der Waals surface area contributed by atoms with Crippen LogP contribution in [0, 0.1) is 0 Å². The predicted molar refractivity (Wildman–Crippen MR) is 109 cm³/mol. The van der Waals surface area contributed by atoms with Gasteiger partial charge in [0.2, 0.25) is 5.79 Å². The van der Waals surface area contributed by atoms with Crippen molar-refractivity contribution in [2.24, 2.45) is 0 Å². The molecule has 1 aromatic carbocycles. The number of rotatable bonds is 5. The number of nitrogens with zero attached hydrogens (tertiary/aromatic N) is 1. The Hall–Kier alpha value is -1.78. The van der Waals surface area contributed by atoms with Crippen LogP contribution in [0.25, 0.3) is 10.9 Å². The summed E-state index contributed by atoms with van der Waals surface area (Å²) in [7, 11) is 2.09. The van der Waals surface area contributed by atoms with Crippen LogP contribution in [0.3, 0.4) is 0 Å². The highest BCUT2D eigenvalue weighted by molar-refractivity contribution is 5.88. The van der Waals surface area contributed by atoms with Crippen molar-refractivity contribution in [3.8, 4) is 0 Å². The second-order valence-electron chi connectivity index (χ2n) is 8.65. The number of aromatic nitrogens is 1. The largest absolute Gasteiger partial charge is 0.394 e. The van der Waals surface area contributed by atoms with Gasteiger partial charge in [-0.2, -0.15) is 0 Å². The molecule has 5 rings (SSSR count). The highest BCUT2D eigenvalue weighted by Gasteiger charge is 2.55. The van der Waals surface area contributed by atoms with E-state index < -0.39 is 37.3 Å². The summed E-state index contributed by atoms with van der Waals surface area (Å²) < 4.78 is 11.4. The number of nitrogens with one attached hydrogen (secondary N) is 1. The average Bonchev–Trinajstić information content (AvgIpc) is 3.28. The zero-order valence-electron chi connectivity index (χ0n) is 16.9. The number of hydrogen-bond acceptors (Lipinski definition) is 7. The molecule has 2 aliphatic heterocycles. The highest BCUT2D eigenvalue weighted by atomic mass is 16.7. The van der Waals surface area contributed by atoms with E-state index in [9.17, 15) is 20.4 Å². The first-order valence-electron chi connectivity index (χ1n) is 10.4. The molecule has 3 aliphatic rings. The van der Waals surface area contributed by atoms with Gasteiger partial charge in [0, 0.05) is 35.6 Å². The lowest BCUT2D eigenvalue weighted by atomic mass is 9.77. The summed E-state index contributed by atoms with van der Waals surface area (Å²) in [5.74, 6) is -1.53. The van der Waals surface area contributed by atoms with E-state index in [0.29, 0.717) is 12.6 Å². The minimum atomic E-state index is -1.75. The minimum Gasteiger partial charge on any atom is -0.394 e. The van der Waals surface area contributed by atoms with Gasteiger partial charge < -0.3 is 34.9 Å². The van der Waals surface area contributed by atoms with Crippen LogP contribution in [-0.2, 0) is 15.9 Å². The summed E-state index contributed by atoms with van der Waals surface area (Å²) in [5.41, 5.74) is 4.79. The molecule has 8 nitrogen and oxygen atoms in total. The summed E-state index contributed by atoms with van der Waals surface area (Å²) in [6.07, 6.45) is 1.53. The molecular formula is C22H28N2O6. The normalized spacial score (nSPS) is 36.2. The Morgan fingerprint density at radius 1 is 1.30 bits per heavy atom. The lowest BCUT2D eigenvalue weighted by Gasteiger charge is -2.41. The van der Waals surface area contributed by atoms with Crippen LogP contribution < -0.4 is 0 Å².